The van der Waals surface area contributed by atoms with Gasteiger partial charge in [-0.1, -0.05) is 52.3 Å². The van der Waals surface area contributed by atoms with Crippen LogP contribution >= 0.6 is 15.9 Å². The number of carbonyl (C=O) groups excluding carboxylic acids is 1. The van der Waals surface area contributed by atoms with Crippen molar-refractivity contribution in [2.24, 2.45) is 0 Å². The number of nitrogens with one attached hydrogen (secondary N) is 1. The minimum Gasteiger partial charge on any atom is -0.495 e. The number of hydrogen-bond acceptors (Lipinski definition) is 5. The molecule has 1 heterocycles. The van der Waals surface area contributed by atoms with E-state index < -0.39 is 0 Å². The van der Waals surface area contributed by atoms with E-state index in [9.17, 15) is 4.79 Å². The zero-order chi connectivity index (χ0) is 22.5. The van der Waals surface area contributed by atoms with Gasteiger partial charge in [-0.05, 0) is 23.6 Å². The molecule has 1 aliphatic rings. The van der Waals surface area contributed by atoms with Crippen LogP contribution in [0.15, 0.2) is 59.1 Å². The Kier molecular flexibility index (Phi) is 7.17. The lowest BCUT2D eigenvalue weighted by Crippen LogP contribution is -2.48. The Labute approximate surface area is 197 Å². The van der Waals surface area contributed by atoms with Crippen molar-refractivity contribution >= 4 is 38.3 Å². The SMILES string of the molecule is COc1ccccc1N1CCN(CCNC(=O)c2cc(Br)c3ccccc3c2OC)CC1. The van der Waals surface area contributed by atoms with Gasteiger partial charge >= 0.3 is 0 Å². The van der Waals surface area contributed by atoms with Crippen molar-refractivity contribution in [3.8, 4) is 11.5 Å². The molecule has 3 aromatic rings. The fourth-order valence-corrected chi connectivity index (χ4v) is 4.79. The number of anilines is 1. The van der Waals surface area contributed by atoms with Crippen LogP contribution < -0.4 is 19.7 Å². The van der Waals surface area contributed by atoms with Crippen LogP contribution in [0.1, 0.15) is 10.4 Å². The van der Waals surface area contributed by atoms with Gasteiger partial charge in [0, 0.05) is 49.1 Å². The molecule has 0 atom stereocenters. The first kappa shape index (κ1) is 22.4. The fourth-order valence-electron chi connectivity index (χ4n) is 4.22. The Bertz CT molecular complexity index is 1100. The third-order valence-corrected chi connectivity index (χ3v) is 6.56. The first-order valence-electron chi connectivity index (χ1n) is 10.8. The highest BCUT2D eigenvalue weighted by Gasteiger charge is 2.20. The average Bonchev–Trinajstić information content (AvgIpc) is 2.84. The molecule has 1 aliphatic heterocycles. The van der Waals surface area contributed by atoms with Gasteiger partial charge in [-0.25, -0.2) is 0 Å². The highest BCUT2D eigenvalue weighted by atomic mass is 79.9. The summed E-state index contributed by atoms with van der Waals surface area (Å²) in [5.74, 6) is 1.39. The Balaban J connectivity index is 1.33. The van der Waals surface area contributed by atoms with Crippen LogP contribution in [0.3, 0.4) is 0 Å². The highest BCUT2D eigenvalue weighted by molar-refractivity contribution is 9.10. The molecule has 7 heteroatoms. The van der Waals surface area contributed by atoms with Gasteiger partial charge in [0.25, 0.3) is 5.91 Å². The molecule has 0 bridgehead atoms. The predicted octanol–water partition coefficient (Wildman–Crippen LogP) is 4.17. The Morgan fingerprint density at radius 1 is 0.969 bits per heavy atom. The molecule has 4 rings (SSSR count). The van der Waals surface area contributed by atoms with Crippen molar-refractivity contribution < 1.29 is 14.3 Å². The summed E-state index contributed by atoms with van der Waals surface area (Å²) in [7, 11) is 3.31. The van der Waals surface area contributed by atoms with Crippen LogP contribution in [0, 0.1) is 0 Å². The summed E-state index contributed by atoms with van der Waals surface area (Å²) in [6, 6.07) is 17.9. The fraction of sp³-hybridized carbons (Fsp3) is 0.320. The molecule has 3 aromatic carbocycles. The van der Waals surface area contributed by atoms with Gasteiger partial charge in [0.15, 0.2) is 0 Å². The molecule has 6 nitrogen and oxygen atoms in total. The summed E-state index contributed by atoms with van der Waals surface area (Å²) in [4.78, 5) is 17.6. The molecule has 1 saturated heterocycles. The minimum absolute atomic E-state index is 0.124. The minimum atomic E-state index is -0.124. The van der Waals surface area contributed by atoms with E-state index in [1.54, 1.807) is 14.2 Å². The summed E-state index contributed by atoms with van der Waals surface area (Å²) >= 11 is 3.59. The van der Waals surface area contributed by atoms with E-state index in [0.717, 1.165) is 59.4 Å². The number of ether oxygens (including phenoxy) is 2. The van der Waals surface area contributed by atoms with Crippen molar-refractivity contribution in [2.75, 3.05) is 58.4 Å². The van der Waals surface area contributed by atoms with E-state index in [0.29, 0.717) is 17.9 Å². The van der Waals surface area contributed by atoms with Crippen LogP contribution in [0.25, 0.3) is 10.8 Å². The molecule has 0 saturated carbocycles. The maximum absolute atomic E-state index is 12.9. The second kappa shape index (κ2) is 10.2. The van der Waals surface area contributed by atoms with Crippen LogP contribution in [-0.2, 0) is 0 Å². The molecule has 0 unspecified atom stereocenters. The normalized spacial score (nSPS) is 14.4. The second-order valence-corrected chi connectivity index (χ2v) is 8.60. The summed E-state index contributed by atoms with van der Waals surface area (Å²) in [5.41, 5.74) is 1.68. The number of methoxy groups -OCH3 is 2. The number of amides is 1. The second-order valence-electron chi connectivity index (χ2n) is 7.74. The Morgan fingerprint density at radius 3 is 2.38 bits per heavy atom. The number of halogens is 1. The monoisotopic (exact) mass is 497 g/mol. The van der Waals surface area contributed by atoms with Gasteiger partial charge in [0.2, 0.25) is 0 Å². The first-order valence-corrected chi connectivity index (χ1v) is 11.6. The molecular weight excluding hydrogens is 470 g/mol. The van der Waals surface area contributed by atoms with Gasteiger partial charge < -0.3 is 19.7 Å². The zero-order valence-electron chi connectivity index (χ0n) is 18.4. The summed E-state index contributed by atoms with van der Waals surface area (Å²) < 4.78 is 12.0. The molecule has 0 spiro atoms. The summed E-state index contributed by atoms with van der Waals surface area (Å²) in [5, 5.41) is 5.00. The largest absolute Gasteiger partial charge is 0.495 e. The zero-order valence-corrected chi connectivity index (χ0v) is 20.0. The maximum Gasteiger partial charge on any atom is 0.255 e. The number of piperazine rings is 1. The molecule has 1 N–H and O–H groups in total. The van der Waals surface area contributed by atoms with E-state index >= 15 is 0 Å². The lowest BCUT2D eigenvalue weighted by atomic mass is 10.0. The van der Waals surface area contributed by atoms with Gasteiger partial charge in [-0.15, -0.1) is 0 Å². The summed E-state index contributed by atoms with van der Waals surface area (Å²) in [6.07, 6.45) is 0. The lowest BCUT2D eigenvalue weighted by molar-refractivity contribution is 0.0945. The molecule has 1 fully saturated rings. The van der Waals surface area contributed by atoms with Crippen molar-refractivity contribution in [3.05, 3.63) is 64.6 Å². The van der Waals surface area contributed by atoms with Crippen molar-refractivity contribution in [1.82, 2.24) is 10.2 Å². The number of carbonyl (C=O) groups is 1. The number of para-hydroxylation sites is 2. The molecule has 1 amide bonds. The quantitative estimate of drug-likeness (QED) is 0.530. The van der Waals surface area contributed by atoms with Crippen LogP contribution in [0.5, 0.6) is 11.5 Å². The standard InChI is InChI=1S/C25H28BrN3O3/c1-31-23-10-6-5-9-22(23)29-15-13-28(14-16-29)12-11-27-25(30)20-17-21(26)18-7-3-4-8-19(18)24(20)32-2/h3-10,17H,11-16H2,1-2H3,(H,27,30). The smallest absolute Gasteiger partial charge is 0.255 e. The maximum atomic E-state index is 12.9. The van der Waals surface area contributed by atoms with E-state index in [2.05, 4.69) is 37.1 Å². The molecule has 32 heavy (non-hydrogen) atoms. The van der Waals surface area contributed by atoms with Gasteiger partial charge in [-0.3, -0.25) is 9.69 Å². The van der Waals surface area contributed by atoms with E-state index in [1.165, 1.54) is 0 Å². The molecule has 0 aromatic heterocycles. The Morgan fingerprint density at radius 2 is 1.66 bits per heavy atom. The van der Waals surface area contributed by atoms with Crippen molar-refractivity contribution in [3.63, 3.8) is 0 Å². The molecule has 168 valence electrons. The lowest BCUT2D eigenvalue weighted by Gasteiger charge is -2.36. The van der Waals surface area contributed by atoms with E-state index in [1.807, 2.05) is 48.5 Å². The third-order valence-electron chi connectivity index (χ3n) is 5.91. The van der Waals surface area contributed by atoms with Gasteiger partial charge in [0.1, 0.15) is 11.5 Å². The average molecular weight is 498 g/mol. The van der Waals surface area contributed by atoms with Gasteiger partial charge in [-0.2, -0.15) is 0 Å². The number of benzene rings is 3. The number of fused-ring (bicyclic) bond motifs is 1. The van der Waals surface area contributed by atoms with E-state index in [-0.39, 0.29) is 5.91 Å². The highest BCUT2D eigenvalue weighted by Crippen LogP contribution is 2.35. The van der Waals surface area contributed by atoms with Crippen LogP contribution in [0.4, 0.5) is 5.69 Å². The van der Waals surface area contributed by atoms with Crippen LogP contribution in [-0.4, -0.2) is 64.3 Å². The molecule has 0 aliphatic carbocycles. The topological polar surface area (TPSA) is 54.0 Å². The van der Waals surface area contributed by atoms with Crippen LogP contribution in [0.2, 0.25) is 0 Å². The van der Waals surface area contributed by atoms with Gasteiger partial charge in [0.05, 0.1) is 25.5 Å². The number of hydrogen-bond donors (Lipinski definition) is 1. The molecule has 0 radical (unpaired) electrons. The first-order chi connectivity index (χ1) is 15.6. The van der Waals surface area contributed by atoms with E-state index in [4.69, 9.17) is 9.47 Å². The number of rotatable bonds is 7. The predicted molar refractivity (Wildman–Crippen MR) is 132 cm³/mol. The molecular formula is C25H28BrN3O3. The Hall–Kier alpha value is -2.77. The third kappa shape index (κ3) is 4.69. The van der Waals surface area contributed by atoms with Crippen molar-refractivity contribution in [1.29, 1.82) is 0 Å². The summed E-state index contributed by atoms with van der Waals surface area (Å²) in [6.45, 7) is 5.14. The van der Waals surface area contributed by atoms with Crippen molar-refractivity contribution in [2.45, 2.75) is 0 Å². The number of nitrogens with zero attached hydrogens (tertiary/aromatic N) is 2.